The van der Waals surface area contributed by atoms with Crippen LogP contribution < -0.4 is 24.8 Å². The molecule has 0 radical (unpaired) electrons. The number of fused-ring (bicyclic) bond motifs is 7. The van der Waals surface area contributed by atoms with Crippen molar-refractivity contribution >= 4 is 44.6 Å². The molecule has 7 rings (SSSR count). The highest BCUT2D eigenvalue weighted by atomic mass is 32.2. The molecule has 0 aromatic heterocycles. The summed E-state index contributed by atoms with van der Waals surface area (Å²) in [5, 5.41) is 6.97. The van der Waals surface area contributed by atoms with E-state index in [0.29, 0.717) is 30.8 Å². The van der Waals surface area contributed by atoms with E-state index in [1.165, 1.54) is 4.90 Å². The van der Waals surface area contributed by atoms with Crippen LogP contribution in [0.5, 0.6) is 11.5 Å². The van der Waals surface area contributed by atoms with Crippen LogP contribution in [0.4, 0.5) is 4.79 Å². The molecule has 2 aliphatic heterocycles. The second-order valence-electron chi connectivity index (χ2n) is 16.6. The lowest BCUT2D eigenvalue weighted by Gasteiger charge is -2.35. The summed E-state index contributed by atoms with van der Waals surface area (Å²) >= 11 is 0. The predicted octanol–water partition coefficient (Wildman–Crippen LogP) is 4.92. The molecule has 55 heavy (non-hydrogen) atoms. The fraction of sp³-hybridized carbons (Fsp3) is 0.512. The van der Waals surface area contributed by atoms with Gasteiger partial charge in [-0.05, 0) is 71.2 Å². The van der Waals surface area contributed by atoms with E-state index in [-0.39, 0.29) is 44.4 Å². The molecular formula is C41H50N4O9S. The minimum absolute atomic E-state index is 0.000852. The Morgan fingerprint density at radius 1 is 0.982 bits per heavy atom. The van der Waals surface area contributed by atoms with Gasteiger partial charge in [-0.1, -0.05) is 77.4 Å². The smallest absolute Gasteiger partial charge is 0.407 e. The van der Waals surface area contributed by atoms with Crippen molar-refractivity contribution < 1.29 is 41.8 Å². The van der Waals surface area contributed by atoms with Crippen molar-refractivity contribution in [1.82, 2.24) is 20.3 Å². The van der Waals surface area contributed by atoms with Crippen LogP contribution in [0.1, 0.15) is 66.7 Å². The molecular weight excluding hydrogens is 725 g/mol. The summed E-state index contributed by atoms with van der Waals surface area (Å²) in [5.74, 6) is -1.17. The second kappa shape index (κ2) is 14.7. The molecule has 4 bridgehead atoms. The van der Waals surface area contributed by atoms with Gasteiger partial charge in [0.25, 0.3) is 5.91 Å². The van der Waals surface area contributed by atoms with Gasteiger partial charge in [-0.15, -0.1) is 0 Å². The Morgan fingerprint density at radius 3 is 2.36 bits per heavy atom. The first kappa shape index (κ1) is 38.4. The van der Waals surface area contributed by atoms with Crippen molar-refractivity contribution in [3.63, 3.8) is 0 Å². The van der Waals surface area contributed by atoms with Crippen molar-refractivity contribution in [1.29, 1.82) is 0 Å². The number of carbonyl (C=O) groups is 4. The number of hydrogen-bond donors (Lipinski definition) is 3. The lowest BCUT2D eigenvalue weighted by Crippen LogP contribution is -2.60. The number of sulfonamides is 1. The Kier molecular flexibility index (Phi) is 10.2. The second-order valence-corrected chi connectivity index (χ2v) is 18.6. The first-order valence-corrected chi connectivity index (χ1v) is 20.7. The number of carbonyl (C=O) groups excluding carboxylic acids is 4. The topological polar surface area (TPSA) is 169 Å². The SMILES string of the molecule is CC[C@@H]1CC1(NC(=O)[C@@H]1CC2CN1C(=O)[C@H](C(C)(C)C)NC(=O)OC[C@@H](C)COc1cccc(c1)-c1cc3ccccc3cc1O2)C(=O)NS(=O)(=O)C1CC1. The van der Waals surface area contributed by atoms with E-state index in [1.54, 1.807) is 0 Å². The molecule has 6 atom stereocenters. The van der Waals surface area contributed by atoms with Crippen molar-refractivity contribution in [2.24, 2.45) is 17.3 Å². The van der Waals surface area contributed by atoms with E-state index in [4.69, 9.17) is 14.2 Å². The standard InChI is InChI=1S/C41H50N4O9S/c1-6-28-20-41(28,38(48)44-55(50,51)31-14-15-31)43-36(46)33-19-30-21-45(33)37(47)35(40(3,4)5)42-39(49)53-23-24(2)22-52-29-13-9-12-27(16-29)32-17-25-10-7-8-11-26(25)18-34(32)54-30/h7-13,16-18,24,28,30-31,33,35H,6,14-15,19-23H2,1-5H3,(H,42,49)(H,43,46)(H,44,48)/t24-,28+,30?,33-,35+,41?/m0/s1. The number of ether oxygens (including phenoxy) is 3. The molecule has 2 aliphatic carbocycles. The minimum Gasteiger partial charge on any atom is -0.493 e. The number of amides is 4. The Hall–Kier alpha value is -4.85. The number of cyclic esters (lactones) is 1. The molecule has 2 heterocycles. The summed E-state index contributed by atoms with van der Waals surface area (Å²) in [5.41, 5.74) is -0.608. The molecule has 294 valence electrons. The summed E-state index contributed by atoms with van der Waals surface area (Å²) < 4.78 is 46.2. The molecule has 1 saturated heterocycles. The molecule has 3 aromatic carbocycles. The molecule has 3 N–H and O–H groups in total. The highest BCUT2D eigenvalue weighted by Crippen LogP contribution is 2.47. The molecule has 2 saturated carbocycles. The van der Waals surface area contributed by atoms with Gasteiger partial charge < -0.3 is 29.7 Å². The van der Waals surface area contributed by atoms with Gasteiger partial charge >= 0.3 is 6.09 Å². The van der Waals surface area contributed by atoms with Gasteiger partial charge in [0.1, 0.15) is 35.2 Å². The Morgan fingerprint density at radius 2 is 1.69 bits per heavy atom. The normalized spacial score (nSPS) is 27.3. The third-order valence-corrected chi connectivity index (χ3v) is 12.9. The van der Waals surface area contributed by atoms with Gasteiger partial charge in [-0.2, -0.15) is 0 Å². The summed E-state index contributed by atoms with van der Waals surface area (Å²) in [6.45, 7) is 9.50. The summed E-state index contributed by atoms with van der Waals surface area (Å²) in [6, 6.07) is 17.3. The van der Waals surface area contributed by atoms with E-state index in [1.807, 2.05) is 95.3 Å². The number of rotatable bonds is 6. The summed E-state index contributed by atoms with van der Waals surface area (Å²) in [4.78, 5) is 57.3. The van der Waals surface area contributed by atoms with Crippen LogP contribution >= 0.6 is 0 Å². The van der Waals surface area contributed by atoms with Crippen molar-refractivity contribution in [2.45, 2.75) is 95.7 Å². The quantitative estimate of drug-likeness (QED) is 0.315. The van der Waals surface area contributed by atoms with Gasteiger partial charge in [0.2, 0.25) is 21.8 Å². The minimum atomic E-state index is -3.87. The summed E-state index contributed by atoms with van der Waals surface area (Å²) in [7, 11) is -3.87. The maximum atomic E-state index is 14.7. The van der Waals surface area contributed by atoms with Crippen LogP contribution in [0.15, 0.2) is 60.7 Å². The number of nitrogens with zero attached hydrogens (tertiary/aromatic N) is 1. The zero-order valence-corrected chi connectivity index (χ0v) is 32.7. The van der Waals surface area contributed by atoms with Gasteiger partial charge in [0, 0.05) is 17.9 Å². The molecule has 2 unspecified atom stereocenters. The predicted molar refractivity (Wildman–Crippen MR) is 206 cm³/mol. The van der Waals surface area contributed by atoms with Crippen LogP contribution in [0.3, 0.4) is 0 Å². The largest absolute Gasteiger partial charge is 0.493 e. The van der Waals surface area contributed by atoms with E-state index >= 15 is 0 Å². The number of nitrogens with one attached hydrogen (secondary N) is 3. The average molecular weight is 775 g/mol. The zero-order chi connectivity index (χ0) is 39.3. The van der Waals surface area contributed by atoms with E-state index in [0.717, 1.165) is 21.9 Å². The average Bonchev–Trinajstić information content (AvgIpc) is 4.07. The molecule has 3 aromatic rings. The maximum absolute atomic E-state index is 14.7. The molecule has 4 amide bonds. The van der Waals surface area contributed by atoms with Crippen LogP contribution in [0.2, 0.25) is 0 Å². The monoisotopic (exact) mass is 774 g/mol. The maximum Gasteiger partial charge on any atom is 0.407 e. The third kappa shape index (κ3) is 8.10. The zero-order valence-electron chi connectivity index (χ0n) is 31.9. The molecule has 13 nitrogen and oxygen atoms in total. The first-order valence-electron chi connectivity index (χ1n) is 19.1. The first-order chi connectivity index (χ1) is 26.1. The van der Waals surface area contributed by atoms with Crippen molar-refractivity contribution in [3.8, 4) is 22.6 Å². The number of benzene rings is 3. The lowest BCUT2D eigenvalue weighted by atomic mass is 9.85. The van der Waals surface area contributed by atoms with Crippen LogP contribution in [-0.4, -0.2) is 85.9 Å². The van der Waals surface area contributed by atoms with Crippen molar-refractivity contribution in [3.05, 3.63) is 60.7 Å². The van der Waals surface area contributed by atoms with Crippen LogP contribution in [0.25, 0.3) is 21.9 Å². The van der Waals surface area contributed by atoms with Crippen molar-refractivity contribution in [2.75, 3.05) is 19.8 Å². The Bertz CT molecular complexity index is 2110. The van der Waals surface area contributed by atoms with E-state index < -0.39 is 68.2 Å². The molecule has 3 fully saturated rings. The number of hydrogen-bond acceptors (Lipinski definition) is 9. The van der Waals surface area contributed by atoms with Gasteiger partial charge in [-0.3, -0.25) is 19.1 Å². The fourth-order valence-corrected chi connectivity index (χ4v) is 8.99. The Labute approximate surface area is 321 Å². The van der Waals surface area contributed by atoms with Gasteiger partial charge in [0.15, 0.2) is 0 Å². The molecule has 0 spiro atoms. The third-order valence-electron chi connectivity index (χ3n) is 11.1. The van der Waals surface area contributed by atoms with E-state index in [9.17, 15) is 27.6 Å². The van der Waals surface area contributed by atoms with Crippen LogP contribution in [-0.2, 0) is 29.1 Å². The fourth-order valence-electron chi connectivity index (χ4n) is 7.62. The lowest BCUT2D eigenvalue weighted by molar-refractivity contribution is -0.143. The van der Waals surface area contributed by atoms with E-state index in [2.05, 4.69) is 15.4 Å². The molecule has 4 aliphatic rings. The van der Waals surface area contributed by atoms with Crippen LogP contribution in [0, 0.1) is 17.3 Å². The molecule has 14 heteroatoms. The number of alkyl carbamates (subject to hydrolysis) is 1. The highest BCUT2D eigenvalue weighted by Gasteiger charge is 2.62. The Balaban J connectivity index is 1.26. The van der Waals surface area contributed by atoms with Gasteiger partial charge in [-0.25, -0.2) is 13.2 Å². The van der Waals surface area contributed by atoms with Gasteiger partial charge in [0.05, 0.1) is 25.0 Å². The highest BCUT2D eigenvalue weighted by molar-refractivity contribution is 7.91. The summed E-state index contributed by atoms with van der Waals surface area (Å²) in [6.07, 6.45) is 0.369.